The molecule has 1 atom stereocenters. The molecule has 0 saturated carbocycles. The molecule has 1 heterocycles. The maximum atomic E-state index is 11.4. The molecule has 1 unspecified atom stereocenters. The van der Waals surface area contributed by atoms with E-state index in [1.54, 1.807) is 13.0 Å². The monoisotopic (exact) mass is 315 g/mol. The Morgan fingerprint density at radius 2 is 2.14 bits per heavy atom. The number of thioether (sulfide) groups is 1. The van der Waals surface area contributed by atoms with E-state index in [1.165, 1.54) is 25.8 Å². The Bertz CT molecular complexity index is 539. The number of amides is 1. The number of carboxylic acids is 1. The van der Waals surface area contributed by atoms with Crippen LogP contribution in [0.3, 0.4) is 0 Å². The number of carboxylic acid groups (broad SMARTS) is 1. The Labute approximate surface area is 126 Å². The van der Waals surface area contributed by atoms with Crippen molar-refractivity contribution in [1.82, 2.24) is 5.32 Å². The normalized spacial score (nSPS) is 11.8. The van der Waals surface area contributed by atoms with E-state index in [0.29, 0.717) is 22.8 Å². The van der Waals surface area contributed by atoms with Gasteiger partial charge in [-0.2, -0.15) is 11.8 Å². The molecule has 0 aliphatic rings. The van der Waals surface area contributed by atoms with Crippen LogP contribution in [0.2, 0.25) is 0 Å². The number of aliphatic carboxylic acids is 1. The molecule has 116 valence electrons. The van der Waals surface area contributed by atoms with E-state index in [1.807, 2.05) is 0 Å². The minimum atomic E-state index is -1.09. The van der Waals surface area contributed by atoms with Crippen molar-refractivity contribution in [2.75, 3.05) is 12.9 Å². The Hall–Kier alpha value is -1.96. The fraction of sp³-hybridized carbons (Fsp3) is 0.462. The van der Waals surface area contributed by atoms with Gasteiger partial charge in [-0.25, -0.2) is 9.59 Å². The molecular weight excluding hydrogens is 298 g/mol. The third-order valence-electron chi connectivity index (χ3n) is 2.58. The predicted octanol–water partition coefficient (Wildman–Crippen LogP) is 1.20. The molecular formula is C13H17NO6S. The van der Waals surface area contributed by atoms with Gasteiger partial charge in [0.25, 0.3) is 0 Å². The number of aryl methyl sites for hydroxylation is 1. The summed E-state index contributed by atoms with van der Waals surface area (Å²) in [4.78, 5) is 33.3. The predicted molar refractivity (Wildman–Crippen MR) is 76.2 cm³/mol. The molecule has 21 heavy (non-hydrogen) atoms. The number of hydrogen-bond donors (Lipinski definition) is 2. The van der Waals surface area contributed by atoms with Crippen LogP contribution >= 0.6 is 11.8 Å². The van der Waals surface area contributed by atoms with Crippen molar-refractivity contribution < 1.29 is 28.6 Å². The zero-order chi connectivity index (χ0) is 16.0. The van der Waals surface area contributed by atoms with Crippen LogP contribution in [0.25, 0.3) is 0 Å². The standard InChI is InChI=1S/C13H17NO6S/c1-7-10(13(18)19-3)4-9(20-7)5-21-6-11(12(16)17)14-8(2)15/h4,11H,5-6H2,1-3H3,(H,14,15)(H,16,17). The van der Waals surface area contributed by atoms with Crippen molar-refractivity contribution in [3.63, 3.8) is 0 Å². The molecule has 1 amide bonds. The first kappa shape index (κ1) is 17.1. The number of carbonyl (C=O) groups excluding carboxylic acids is 2. The summed E-state index contributed by atoms with van der Waals surface area (Å²) in [5.41, 5.74) is 0.352. The first-order valence-electron chi connectivity index (χ1n) is 6.10. The van der Waals surface area contributed by atoms with Gasteiger partial charge in [0.05, 0.1) is 12.9 Å². The zero-order valence-corrected chi connectivity index (χ0v) is 12.8. The number of nitrogens with one attached hydrogen (secondary N) is 1. The summed E-state index contributed by atoms with van der Waals surface area (Å²) in [6.45, 7) is 2.91. The van der Waals surface area contributed by atoms with Crippen molar-refractivity contribution in [2.24, 2.45) is 0 Å². The molecule has 2 N–H and O–H groups in total. The van der Waals surface area contributed by atoms with Crippen LogP contribution in [0, 0.1) is 6.92 Å². The highest BCUT2D eigenvalue weighted by molar-refractivity contribution is 7.98. The molecule has 0 aliphatic carbocycles. The number of furan rings is 1. The summed E-state index contributed by atoms with van der Waals surface area (Å²) in [5.74, 6) is -0.384. The summed E-state index contributed by atoms with van der Waals surface area (Å²) in [5, 5.41) is 11.3. The number of hydrogen-bond acceptors (Lipinski definition) is 6. The van der Waals surface area contributed by atoms with E-state index in [4.69, 9.17) is 9.52 Å². The van der Waals surface area contributed by atoms with Gasteiger partial charge in [0.2, 0.25) is 5.91 Å². The third kappa shape index (κ3) is 5.14. The third-order valence-corrected chi connectivity index (χ3v) is 3.64. The molecule has 0 spiro atoms. The van der Waals surface area contributed by atoms with Gasteiger partial charge in [-0.1, -0.05) is 0 Å². The second-order valence-corrected chi connectivity index (χ2v) is 5.31. The van der Waals surface area contributed by atoms with E-state index < -0.39 is 23.9 Å². The lowest BCUT2D eigenvalue weighted by Gasteiger charge is -2.11. The van der Waals surface area contributed by atoms with Crippen LogP contribution in [0.4, 0.5) is 0 Å². The van der Waals surface area contributed by atoms with E-state index in [0.717, 1.165) is 0 Å². The molecule has 7 nitrogen and oxygen atoms in total. The maximum Gasteiger partial charge on any atom is 0.341 e. The minimum absolute atomic E-state index is 0.197. The lowest BCUT2D eigenvalue weighted by molar-refractivity contribution is -0.140. The van der Waals surface area contributed by atoms with Crippen LogP contribution in [-0.2, 0) is 20.1 Å². The zero-order valence-electron chi connectivity index (χ0n) is 12.0. The fourth-order valence-electron chi connectivity index (χ4n) is 1.62. The Morgan fingerprint density at radius 3 is 2.67 bits per heavy atom. The Morgan fingerprint density at radius 1 is 1.48 bits per heavy atom. The van der Waals surface area contributed by atoms with Gasteiger partial charge in [0.1, 0.15) is 23.1 Å². The van der Waals surface area contributed by atoms with Crippen molar-refractivity contribution in [3.8, 4) is 0 Å². The number of methoxy groups -OCH3 is 1. The number of rotatable bonds is 7. The quantitative estimate of drug-likeness (QED) is 0.728. The molecule has 1 rings (SSSR count). The van der Waals surface area contributed by atoms with Crippen molar-refractivity contribution >= 4 is 29.6 Å². The van der Waals surface area contributed by atoms with Crippen LogP contribution in [0.5, 0.6) is 0 Å². The maximum absolute atomic E-state index is 11.4. The summed E-state index contributed by atoms with van der Waals surface area (Å²) in [7, 11) is 1.29. The molecule has 0 saturated heterocycles. The molecule has 0 radical (unpaired) electrons. The van der Waals surface area contributed by atoms with Crippen LogP contribution in [0.1, 0.15) is 28.8 Å². The first-order valence-corrected chi connectivity index (χ1v) is 7.26. The minimum Gasteiger partial charge on any atom is -0.480 e. The SMILES string of the molecule is COC(=O)c1cc(CSCC(NC(C)=O)C(=O)O)oc1C. The van der Waals surface area contributed by atoms with Crippen LogP contribution < -0.4 is 5.32 Å². The smallest absolute Gasteiger partial charge is 0.341 e. The summed E-state index contributed by atoms with van der Waals surface area (Å²) < 4.78 is 10.0. The molecule has 0 aromatic carbocycles. The molecule has 1 aromatic heterocycles. The Kier molecular flexibility index (Phi) is 6.29. The van der Waals surface area contributed by atoms with Gasteiger partial charge in [-0.05, 0) is 13.0 Å². The van der Waals surface area contributed by atoms with E-state index in [2.05, 4.69) is 10.1 Å². The highest BCUT2D eigenvalue weighted by atomic mass is 32.2. The average Bonchev–Trinajstić information content (AvgIpc) is 2.77. The van der Waals surface area contributed by atoms with Gasteiger partial charge in [-0.15, -0.1) is 0 Å². The van der Waals surface area contributed by atoms with Gasteiger partial charge in [-0.3, -0.25) is 4.79 Å². The Balaban J connectivity index is 2.57. The number of esters is 1. The summed E-state index contributed by atoms with van der Waals surface area (Å²) in [6.07, 6.45) is 0. The highest BCUT2D eigenvalue weighted by Gasteiger charge is 2.19. The molecule has 8 heteroatoms. The van der Waals surface area contributed by atoms with E-state index >= 15 is 0 Å². The summed E-state index contributed by atoms with van der Waals surface area (Å²) >= 11 is 1.28. The van der Waals surface area contributed by atoms with Crippen molar-refractivity contribution in [1.29, 1.82) is 0 Å². The summed E-state index contributed by atoms with van der Waals surface area (Å²) in [6, 6.07) is 0.617. The lowest BCUT2D eigenvalue weighted by atomic mass is 10.2. The topological polar surface area (TPSA) is 106 Å². The number of ether oxygens (including phenoxy) is 1. The fourth-order valence-corrected chi connectivity index (χ4v) is 2.55. The lowest BCUT2D eigenvalue weighted by Crippen LogP contribution is -2.41. The van der Waals surface area contributed by atoms with Gasteiger partial charge >= 0.3 is 11.9 Å². The number of carbonyl (C=O) groups is 3. The second kappa shape index (κ2) is 7.72. The van der Waals surface area contributed by atoms with E-state index in [9.17, 15) is 14.4 Å². The van der Waals surface area contributed by atoms with Crippen molar-refractivity contribution in [2.45, 2.75) is 25.6 Å². The highest BCUT2D eigenvalue weighted by Crippen LogP contribution is 2.20. The molecule has 0 fully saturated rings. The molecule has 1 aromatic rings. The van der Waals surface area contributed by atoms with Crippen LogP contribution in [0.15, 0.2) is 10.5 Å². The van der Waals surface area contributed by atoms with Gasteiger partial charge in [0, 0.05) is 12.7 Å². The van der Waals surface area contributed by atoms with Crippen LogP contribution in [-0.4, -0.2) is 41.9 Å². The van der Waals surface area contributed by atoms with Gasteiger partial charge in [0.15, 0.2) is 0 Å². The van der Waals surface area contributed by atoms with Crippen molar-refractivity contribution in [3.05, 3.63) is 23.2 Å². The molecule has 0 bridgehead atoms. The second-order valence-electron chi connectivity index (χ2n) is 4.28. The molecule has 0 aliphatic heterocycles. The average molecular weight is 315 g/mol. The largest absolute Gasteiger partial charge is 0.480 e. The first-order chi connectivity index (χ1) is 9.85. The van der Waals surface area contributed by atoms with Gasteiger partial charge < -0.3 is 19.6 Å². The van der Waals surface area contributed by atoms with E-state index in [-0.39, 0.29) is 5.75 Å².